The number of carboxylic acids is 1. The summed E-state index contributed by atoms with van der Waals surface area (Å²) in [7, 11) is 0. The minimum Gasteiger partial charge on any atom is -0.481 e. The van der Waals surface area contributed by atoms with Crippen molar-refractivity contribution >= 4 is 12.1 Å². The number of hydrogen-bond donors (Lipinski definition) is 1. The molecule has 1 amide bonds. The lowest BCUT2D eigenvalue weighted by Gasteiger charge is -2.27. The molecule has 22 heavy (non-hydrogen) atoms. The van der Waals surface area contributed by atoms with Gasteiger partial charge < -0.3 is 14.7 Å². The van der Waals surface area contributed by atoms with Crippen molar-refractivity contribution in [2.45, 2.75) is 84.7 Å². The summed E-state index contributed by atoms with van der Waals surface area (Å²) in [5.41, 5.74) is -0.557. The van der Waals surface area contributed by atoms with Gasteiger partial charge in [0.05, 0.1) is 6.42 Å². The number of aliphatic carboxylic acids is 1. The zero-order valence-electron chi connectivity index (χ0n) is 14.7. The Labute approximate surface area is 135 Å². The van der Waals surface area contributed by atoms with Gasteiger partial charge in [-0.2, -0.15) is 0 Å². The molecule has 0 atom stereocenters. The van der Waals surface area contributed by atoms with Gasteiger partial charge in [0.2, 0.25) is 0 Å². The molecule has 0 radical (unpaired) electrons. The van der Waals surface area contributed by atoms with Crippen molar-refractivity contribution < 1.29 is 19.4 Å². The van der Waals surface area contributed by atoms with Crippen LogP contribution in [0.1, 0.15) is 79.1 Å². The number of carbonyl (C=O) groups is 2. The molecule has 0 aromatic heterocycles. The molecule has 0 rings (SSSR count). The van der Waals surface area contributed by atoms with Crippen molar-refractivity contribution in [2.24, 2.45) is 0 Å². The smallest absolute Gasteiger partial charge is 0.410 e. The molecule has 0 spiro atoms. The SMILES string of the molecule is CCCCCCCCCN(CCC(=O)O)C(=O)OC(C)(C)C. The van der Waals surface area contributed by atoms with E-state index >= 15 is 0 Å². The lowest BCUT2D eigenvalue weighted by atomic mass is 10.1. The van der Waals surface area contributed by atoms with Crippen LogP contribution in [0.25, 0.3) is 0 Å². The third-order valence-electron chi connectivity index (χ3n) is 3.28. The minimum absolute atomic E-state index is 0.0459. The van der Waals surface area contributed by atoms with E-state index in [1.165, 1.54) is 37.0 Å². The van der Waals surface area contributed by atoms with E-state index in [0.29, 0.717) is 6.54 Å². The fourth-order valence-electron chi connectivity index (χ4n) is 2.11. The standard InChI is InChI=1S/C17H33NO4/c1-5-6-7-8-9-10-11-13-18(14-12-15(19)20)16(21)22-17(2,3)4/h5-14H2,1-4H3,(H,19,20). The highest BCUT2D eigenvalue weighted by atomic mass is 16.6. The van der Waals surface area contributed by atoms with Crippen LogP contribution >= 0.6 is 0 Å². The molecule has 0 aromatic carbocycles. The summed E-state index contributed by atoms with van der Waals surface area (Å²) in [6.07, 6.45) is 7.68. The number of rotatable bonds is 11. The van der Waals surface area contributed by atoms with Crippen LogP contribution in [0.15, 0.2) is 0 Å². The van der Waals surface area contributed by atoms with E-state index in [2.05, 4.69) is 6.92 Å². The maximum Gasteiger partial charge on any atom is 0.410 e. The maximum atomic E-state index is 12.1. The van der Waals surface area contributed by atoms with E-state index in [4.69, 9.17) is 9.84 Å². The van der Waals surface area contributed by atoms with Crippen LogP contribution in [-0.4, -0.2) is 40.8 Å². The topological polar surface area (TPSA) is 66.8 Å². The van der Waals surface area contributed by atoms with E-state index in [9.17, 15) is 9.59 Å². The van der Waals surface area contributed by atoms with E-state index in [1.807, 2.05) is 20.8 Å². The fraction of sp³-hybridized carbons (Fsp3) is 0.882. The Kier molecular flexibility index (Phi) is 10.7. The summed E-state index contributed by atoms with van der Waals surface area (Å²) in [5.74, 6) is -0.895. The van der Waals surface area contributed by atoms with Crippen molar-refractivity contribution in [1.29, 1.82) is 0 Å². The summed E-state index contributed by atoms with van der Waals surface area (Å²) in [4.78, 5) is 24.3. The molecule has 0 aliphatic carbocycles. The van der Waals surface area contributed by atoms with Crippen LogP contribution in [0.4, 0.5) is 4.79 Å². The van der Waals surface area contributed by atoms with Gasteiger partial charge in [-0.1, -0.05) is 45.4 Å². The van der Waals surface area contributed by atoms with Gasteiger partial charge in [0.1, 0.15) is 5.60 Å². The predicted molar refractivity (Wildman–Crippen MR) is 88.1 cm³/mol. The second kappa shape index (κ2) is 11.3. The molecule has 1 N–H and O–H groups in total. The minimum atomic E-state index is -0.895. The Hall–Kier alpha value is -1.26. The zero-order valence-corrected chi connectivity index (χ0v) is 14.7. The molecule has 0 unspecified atom stereocenters. The van der Waals surface area contributed by atoms with Gasteiger partial charge in [0.15, 0.2) is 0 Å². The third kappa shape index (κ3) is 12.5. The number of carboxylic acid groups (broad SMARTS) is 1. The number of hydrogen-bond acceptors (Lipinski definition) is 3. The fourth-order valence-corrected chi connectivity index (χ4v) is 2.11. The summed E-state index contributed by atoms with van der Waals surface area (Å²) < 4.78 is 5.34. The molecule has 0 saturated carbocycles. The van der Waals surface area contributed by atoms with Gasteiger partial charge >= 0.3 is 12.1 Å². The molecule has 0 aliphatic rings. The molecule has 0 aliphatic heterocycles. The van der Waals surface area contributed by atoms with Crippen LogP contribution in [0, 0.1) is 0 Å². The Morgan fingerprint density at radius 3 is 2.00 bits per heavy atom. The van der Waals surface area contributed by atoms with Gasteiger partial charge in [0.25, 0.3) is 0 Å². The first-order chi connectivity index (χ1) is 10.3. The van der Waals surface area contributed by atoms with Gasteiger partial charge in [-0.05, 0) is 27.2 Å². The van der Waals surface area contributed by atoms with Crippen LogP contribution in [-0.2, 0) is 9.53 Å². The Balaban J connectivity index is 4.13. The van der Waals surface area contributed by atoms with Crippen molar-refractivity contribution in [3.8, 4) is 0 Å². The third-order valence-corrected chi connectivity index (χ3v) is 3.28. The summed E-state index contributed by atoms with van der Waals surface area (Å²) in [6.45, 7) is 8.41. The quantitative estimate of drug-likeness (QED) is 0.572. The normalized spacial score (nSPS) is 11.3. The van der Waals surface area contributed by atoms with E-state index < -0.39 is 17.7 Å². The molecule has 0 fully saturated rings. The van der Waals surface area contributed by atoms with E-state index in [0.717, 1.165) is 12.8 Å². The van der Waals surface area contributed by atoms with Crippen LogP contribution in [0.2, 0.25) is 0 Å². The average Bonchev–Trinajstić information content (AvgIpc) is 2.38. The Morgan fingerprint density at radius 2 is 1.50 bits per heavy atom. The highest BCUT2D eigenvalue weighted by molar-refractivity contribution is 5.70. The molecular formula is C17H33NO4. The van der Waals surface area contributed by atoms with Gasteiger partial charge in [0, 0.05) is 13.1 Å². The molecular weight excluding hydrogens is 282 g/mol. The van der Waals surface area contributed by atoms with Crippen molar-refractivity contribution in [3.05, 3.63) is 0 Å². The molecule has 130 valence electrons. The lowest BCUT2D eigenvalue weighted by molar-refractivity contribution is -0.137. The zero-order chi connectivity index (χ0) is 17.0. The largest absolute Gasteiger partial charge is 0.481 e. The van der Waals surface area contributed by atoms with Gasteiger partial charge in [-0.15, -0.1) is 0 Å². The van der Waals surface area contributed by atoms with Crippen LogP contribution in [0.3, 0.4) is 0 Å². The maximum absolute atomic E-state index is 12.1. The first-order valence-electron chi connectivity index (χ1n) is 8.46. The summed E-state index contributed by atoms with van der Waals surface area (Å²) in [6, 6.07) is 0. The number of amides is 1. The first-order valence-corrected chi connectivity index (χ1v) is 8.46. The highest BCUT2D eigenvalue weighted by Crippen LogP contribution is 2.12. The molecule has 0 bridgehead atoms. The van der Waals surface area contributed by atoms with E-state index in [-0.39, 0.29) is 13.0 Å². The number of carbonyl (C=O) groups excluding carboxylic acids is 1. The van der Waals surface area contributed by atoms with Crippen LogP contribution in [0.5, 0.6) is 0 Å². The van der Waals surface area contributed by atoms with Gasteiger partial charge in [-0.3, -0.25) is 4.79 Å². The van der Waals surface area contributed by atoms with Crippen LogP contribution < -0.4 is 0 Å². The molecule has 0 saturated heterocycles. The number of unbranched alkanes of at least 4 members (excludes halogenated alkanes) is 6. The van der Waals surface area contributed by atoms with Crippen molar-refractivity contribution in [2.75, 3.05) is 13.1 Å². The highest BCUT2D eigenvalue weighted by Gasteiger charge is 2.22. The summed E-state index contributed by atoms with van der Waals surface area (Å²) in [5, 5.41) is 8.79. The molecule has 5 nitrogen and oxygen atoms in total. The number of nitrogens with zero attached hydrogens (tertiary/aromatic N) is 1. The first kappa shape index (κ1) is 20.7. The average molecular weight is 315 g/mol. The second-order valence-corrected chi connectivity index (χ2v) is 6.73. The lowest BCUT2D eigenvalue weighted by Crippen LogP contribution is -2.38. The molecule has 0 heterocycles. The van der Waals surface area contributed by atoms with Crippen molar-refractivity contribution in [1.82, 2.24) is 4.90 Å². The monoisotopic (exact) mass is 315 g/mol. The Bertz CT molecular complexity index is 323. The summed E-state index contributed by atoms with van der Waals surface area (Å²) >= 11 is 0. The van der Waals surface area contributed by atoms with Crippen molar-refractivity contribution in [3.63, 3.8) is 0 Å². The van der Waals surface area contributed by atoms with E-state index in [1.54, 1.807) is 0 Å². The molecule has 0 aromatic rings. The Morgan fingerprint density at radius 1 is 0.955 bits per heavy atom. The predicted octanol–water partition coefficient (Wildman–Crippen LogP) is 4.45. The van der Waals surface area contributed by atoms with Gasteiger partial charge in [-0.25, -0.2) is 4.79 Å². The second-order valence-electron chi connectivity index (χ2n) is 6.73. The molecule has 5 heteroatoms. The number of ether oxygens (including phenoxy) is 1.